The lowest BCUT2D eigenvalue weighted by Crippen LogP contribution is -2.15. The highest BCUT2D eigenvalue weighted by Gasteiger charge is 2.20. The molecule has 0 radical (unpaired) electrons. The second-order valence-corrected chi connectivity index (χ2v) is 5.24. The van der Waals surface area contributed by atoms with Crippen LogP contribution in [-0.4, -0.2) is 11.6 Å². The third-order valence-electron chi connectivity index (χ3n) is 3.09. The first-order valence-electron chi connectivity index (χ1n) is 7.18. The van der Waals surface area contributed by atoms with Crippen LogP contribution in [-0.2, 0) is 0 Å². The van der Waals surface area contributed by atoms with Crippen molar-refractivity contribution in [1.82, 2.24) is 0 Å². The van der Waals surface area contributed by atoms with Gasteiger partial charge in [-0.05, 0) is 24.3 Å². The molecule has 4 heteroatoms. The molecule has 0 aliphatic rings. The third kappa shape index (κ3) is 4.86. The zero-order chi connectivity index (χ0) is 17.4. The average molecular weight is 341 g/mol. The van der Waals surface area contributed by atoms with Crippen LogP contribution in [0.2, 0.25) is 5.02 Å². The Labute approximate surface area is 144 Å². The van der Waals surface area contributed by atoms with Crippen LogP contribution in [0.1, 0.15) is 20.7 Å². The van der Waals surface area contributed by atoms with Crippen molar-refractivity contribution in [2.45, 2.75) is 0 Å². The monoisotopic (exact) mass is 340 g/mol. The number of ketones is 2. The highest BCUT2D eigenvalue weighted by atomic mass is 35.5. The van der Waals surface area contributed by atoms with E-state index < -0.39 is 17.4 Å². The van der Waals surface area contributed by atoms with E-state index >= 15 is 0 Å². The van der Waals surface area contributed by atoms with Gasteiger partial charge in [0.1, 0.15) is 5.82 Å². The lowest BCUT2D eigenvalue weighted by Gasteiger charge is -2.01. The van der Waals surface area contributed by atoms with Crippen molar-refractivity contribution in [2.24, 2.45) is 0 Å². The van der Waals surface area contributed by atoms with E-state index in [4.69, 9.17) is 11.6 Å². The number of carbonyl (C=O) groups excluding carboxylic acids is 2. The summed E-state index contributed by atoms with van der Waals surface area (Å²) in [5.74, 6) is -2.20. The Kier molecular flexibility index (Phi) is 6.41. The number of rotatable bonds is 3. The van der Waals surface area contributed by atoms with Crippen molar-refractivity contribution >= 4 is 23.2 Å². The van der Waals surface area contributed by atoms with E-state index in [9.17, 15) is 14.0 Å². The van der Waals surface area contributed by atoms with Gasteiger partial charge < -0.3 is 0 Å². The summed E-state index contributed by atoms with van der Waals surface area (Å²) in [6.45, 7) is 0. The van der Waals surface area contributed by atoms with Gasteiger partial charge >= 0.3 is 0 Å². The molecule has 3 aromatic carbocycles. The summed E-state index contributed by atoms with van der Waals surface area (Å²) >= 11 is 5.54. The second-order valence-electron chi connectivity index (χ2n) is 4.80. The number of carbonyl (C=O) groups is 2. The summed E-state index contributed by atoms with van der Waals surface area (Å²) in [7, 11) is 0. The molecule has 0 fully saturated rings. The molecule has 0 heterocycles. The zero-order valence-corrected chi connectivity index (χ0v) is 13.4. The molecule has 0 atom stereocenters. The molecule has 0 saturated carbocycles. The molecule has 0 aliphatic heterocycles. The van der Waals surface area contributed by atoms with Crippen molar-refractivity contribution in [3.63, 3.8) is 0 Å². The van der Waals surface area contributed by atoms with Gasteiger partial charge in [0.15, 0.2) is 0 Å². The molecule has 0 aromatic heterocycles. The minimum atomic E-state index is -0.825. The van der Waals surface area contributed by atoms with Crippen molar-refractivity contribution in [3.8, 4) is 0 Å². The molecule has 0 aliphatic carbocycles. The maximum absolute atomic E-state index is 13.3. The molecule has 2 nitrogen and oxygen atoms in total. The zero-order valence-electron chi connectivity index (χ0n) is 12.7. The first-order chi connectivity index (χ1) is 11.6. The maximum atomic E-state index is 13.3. The molecule has 0 saturated heterocycles. The van der Waals surface area contributed by atoms with Gasteiger partial charge in [-0.3, -0.25) is 9.59 Å². The number of Topliss-reactive ketones (excluding diaryl/α,β-unsaturated/α-hetero) is 2. The van der Waals surface area contributed by atoms with Gasteiger partial charge in [-0.2, -0.15) is 0 Å². The van der Waals surface area contributed by atoms with Gasteiger partial charge in [0, 0.05) is 10.6 Å². The van der Waals surface area contributed by atoms with Gasteiger partial charge in [-0.1, -0.05) is 72.3 Å². The molecule has 0 spiro atoms. The fourth-order valence-electron chi connectivity index (χ4n) is 1.90. The lowest BCUT2D eigenvalue weighted by molar-refractivity contribution is 0.0814. The van der Waals surface area contributed by atoms with E-state index in [2.05, 4.69) is 0 Å². The Morgan fingerprint density at radius 1 is 0.667 bits per heavy atom. The fraction of sp³-hybridized carbons (Fsp3) is 0. The summed E-state index contributed by atoms with van der Waals surface area (Å²) in [4.78, 5) is 23.6. The maximum Gasteiger partial charge on any atom is 0.236 e. The molecule has 24 heavy (non-hydrogen) atoms. The molecule has 0 amide bonds. The first kappa shape index (κ1) is 17.6. The second kappa shape index (κ2) is 8.75. The van der Waals surface area contributed by atoms with Crippen LogP contribution in [0.15, 0.2) is 84.9 Å². The summed E-state index contributed by atoms with van der Waals surface area (Å²) in [6, 6.07) is 23.0. The Hall–Kier alpha value is -2.78. The van der Waals surface area contributed by atoms with E-state index in [-0.39, 0.29) is 11.1 Å². The van der Waals surface area contributed by atoms with Crippen molar-refractivity contribution in [1.29, 1.82) is 0 Å². The molecule has 0 unspecified atom stereocenters. The highest BCUT2D eigenvalue weighted by Crippen LogP contribution is 2.11. The van der Waals surface area contributed by atoms with Crippen LogP contribution >= 0.6 is 11.6 Å². The van der Waals surface area contributed by atoms with Crippen molar-refractivity contribution in [3.05, 3.63) is 107 Å². The van der Waals surface area contributed by atoms with Crippen LogP contribution in [0.5, 0.6) is 0 Å². The van der Waals surface area contributed by atoms with Crippen LogP contribution in [0.4, 0.5) is 4.39 Å². The molecule has 0 N–H and O–H groups in total. The molecule has 3 aromatic rings. The van der Waals surface area contributed by atoms with Crippen molar-refractivity contribution in [2.75, 3.05) is 0 Å². The standard InChI is InChI=1S/C14H9FO2.C6H5Cl/c15-12-9-5-4-8-11(12)14(17)13(16)10-6-2-1-3-7-10;7-6-4-2-1-3-5-6/h1-9H;1-5H. The van der Waals surface area contributed by atoms with Crippen LogP contribution in [0, 0.1) is 5.82 Å². The average Bonchev–Trinajstić information content (AvgIpc) is 2.63. The Bertz CT molecular complexity index is 817. The third-order valence-corrected chi connectivity index (χ3v) is 3.35. The molecule has 0 bridgehead atoms. The van der Waals surface area contributed by atoms with E-state index in [1.807, 2.05) is 30.3 Å². The number of benzene rings is 3. The van der Waals surface area contributed by atoms with E-state index in [0.717, 1.165) is 11.1 Å². The number of hydrogen-bond acceptors (Lipinski definition) is 2. The van der Waals surface area contributed by atoms with Gasteiger partial charge in [0.05, 0.1) is 5.56 Å². The molecular formula is C20H14ClFO2. The molecule has 3 rings (SSSR count). The molecule has 120 valence electrons. The number of halogens is 2. The minimum absolute atomic E-state index is 0.193. The topological polar surface area (TPSA) is 34.1 Å². The number of hydrogen-bond donors (Lipinski definition) is 0. The Morgan fingerprint density at radius 2 is 1.17 bits per heavy atom. The van der Waals surface area contributed by atoms with Gasteiger partial charge in [0.2, 0.25) is 11.6 Å². The highest BCUT2D eigenvalue weighted by molar-refractivity contribution is 6.49. The van der Waals surface area contributed by atoms with Gasteiger partial charge in [-0.15, -0.1) is 0 Å². The summed E-state index contributed by atoms with van der Waals surface area (Å²) < 4.78 is 13.3. The van der Waals surface area contributed by atoms with Crippen LogP contribution in [0.25, 0.3) is 0 Å². The molecular weight excluding hydrogens is 327 g/mol. The Balaban J connectivity index is 0.000000249. The normalized spacial score (nSPS) is 9.58. The predicted molar refractivity (Wildman–Crippen MR) is 93.0 cm³/mol. The van der Waals surface area contributed by atoms with Crippen molar-refractivity contribution < 1.29 is 14.0 Å². The van der Waals surface area contributed by atoms with E-state index in [0.29, 0.717) is 0 Å². The quantitative estimate of drug-likeness (QED) is 0.483. The van der Waals surface area contributed by atoms with E-state index in [1.165, 1.54) is 30.3 Å². The van der Waals surface area contributed by atoms with Gasteiger partial charge in [0.25, 0.3) is 0 Å². The van der Waals surface area contributed by atoms with E-state index in [1.54, 1.807) is 18.2 Å². The van der Waals surface area contributed by atoms with Gasteiger partial charge in [-0.25, -0.2) is 4.39 Å². The fourth-order valence-corrected chi connectivity index (χ4v) is 2.05. The summed E-state index contributed by atoms with van der Waals surface area (Å²) in [6.07, 6.45) is 0. The van der Waals surface area contributed by atoms with Crippen LogP contribution in [0.3, 0.4) is 0 Å². The Morgan fingerprint density at radius 3 is 1.67 bits per heavy atom. The lowest BCUT2D eigenvalue weighted by atomic mass is 10.0. The summed E-state index contributed by atoms with van der Waals surface area (Å²) in [5.41, 5.74) is 0.0714. The summed E-state index contributed by atoms with van der Waals surface area (Å²) in [5, 5.41) is 0.794. The minimum Gasteiger partial charge on any atom is -0.285 e. The largest absolute Gasteiger partial charge is 0.285 e. The smallest absolute Gasteiger partial charge is 0.236 e. The van der Waals surface area contributed by atoms with Crippen LogP contribution < -0.4 is 0 Å². The predicted octanol–water partition coefficient (Wildman–Crippen LogP) is 5.23. The SMILES string of the molecule is Clc1ccccc1.O=C(C(=O)c1ccccc1F)c1ccccc1. The first-order valence-corrected chi connectivity index (χ1v) is 7.56.